The summed E-state index contributed by atoms with van der Waals surface area (Å²) in [6.07, 6.45) is 2.47. The Hall–Kier alpha value is -3.63. The Kier molecular flexibility index (Phi) is 9.84. The molecule has 1 atom stereocenters. The smallest absolute Gasteiger partial charge is 0.310 e. The van der Waals surface area contributed by atoms with Gasteiger partial charge in [0.1, 0.15) is 0 Å². The molecule has 2 rings (SSSR count). The van der Waals surface area contributed by atoms with Gasteiger partial charge >= 0.3 is 23.9 Å². The maximum absolute atomic E-state index is 12.6. The number of ether oxygens (including phenoxy) is 4. The average Bonchev–Trinajstić information content (AvgIpc) is 3.34. The number of carbonyl (C=O) groups excluding carboxylic acids is 5. The third-order valence-corrected chi connectivity index (χ3v) is 5.72. The number of aryl methyl sites for hydroxylation is 1. The summed E-state index contributed by atoms with van der Waals surface area (Å²) in [6, 6.07) is -0.514. The molecule has 1 aliphatic rings. The molecule has 0 bridgehead atoms. The van der Waals surface area contributed by atoms with Gasteiger partial charge in [0.2, 0.25) is 5.91 Å². The zero-order valence-corrected chi connectivity index (χ0v) is 19.8. The normalized spacial score (nSPS) is 15.1. The SMILES string of the molecule is COC(=O)CCC1=C(CC(=O)OC)C(=O)NC1Cc1[nH]cc(CCC(=O)OC)c1CC(=O)OC. The van der Waals surface area contributed by atoms with E-state index < -0.39 is 29.9 Å². The van der Waals surface area contributed by atoms with E-state index in [0.29, 0.717) is 23.3 Å². The van der Waals surface area contributed by atoms with E-state index in [2.05, 4.69) is 10.3 Å². The van der Waals surface area contributed by atoms with Gasteiger partial charge in [-0.15, -0.1) is 0 Å². The van der Waals surface area contributed by atoms with Gasteiger partial charge in [0.25, 0.3) is 0 Å². The molecule has 0 saturated carbocycles. The zero-order valence-electron chi connectivity index (χ0n) is 19.8. The number of esters is 4. The Bertz CT molecular complexity index is 977. The van der Waals surface area contributed by atoms with Crippen LogP contribution in [-0.2, 0) is 62.2 Å². The second-order valence-electron chi connectivity index (χ2n) is 7.66. The fourth-order valence-corrected chi connectivity index (χ4v) is 3.86. The first-order chi connectivity index (χ1) is 16.2. The highest BCUT2D eigenvalue weighted by Gasteiger charge is 2.34. The van der Waals surface area contributed by atoms with Crippen molar-refractivity contribution in [3.63, 3.8) is 0 Å². The van der Waals surface area contributed by atoms with Gasteiger partial charge in [0.05, 0.1) is 47.3 Å². The zero-order chi connectivity index (χ0) is 25.3. The molecule has 1 amide bonds. The number of carbonyl (C=O) groups is 5. The quantitative estimate of drug-likeness (QED) is 0.327. The van der Waals surface area contributed by atoms with E-state index in [0.717, 1.165) is 5.56 Å². The van der Waals surface area contributed by atoms with Crippen molar-refractivity contribution in [2.75, 3.05) is 28.4 Å². The lowest BCUT2D eigenvalue weighted by atomic mass is 9.93. The molecular formula is C23H30N2O9. The molecule has 1 aromatic heterocycles. The minimum absolute atomic E-state index is 0.0251. The molecule has 0 saturated heterocycles. The largest absolute Gasteiger partial charge is 0.469 e. The number of nitrogens with one attached hydrogen (secondary N) is 2. The summed E-state index contributed by atoms with van der Waals surface area (Å²) in [4.78, 5) is 63.0. The Morgan fingerprint density at radius 1 is 0.824 bits per heavy atom. The maximum atomic E-state index is 12.6. The highest BCUT2D eigenvalue weighted by Crippen LogP contribution is 2.29. The van der Waals surface area contributed by atoms with Crippen molar-refractivity contribution < 1.29 is 42.9 Å². The molecule has 186 valence electrons. The van der Waals surface area contributed by atoms with Gasteiger partial charge in [-0.1, -0.05) is 0 Å². The number of hydrogen-bond donors (Lipinski definition) is 2. The highest BCUT2D eigenvalue weighted by molar-refractivity contribution is 6.01. The molecule has 34 heavy (non-hydrogen) atoms. The van der Waals surface area contributed by atoms with Gasteiger partial charge in [-0.05, 0) is 29.5 Å². The van der Waals surface area contributed by atoms with Gasteiger partial charge in [-0.2, -0.15) is 0 Å². The summed E-state index contributed by atoms with van der Waals surface area (Å²) in [5.74, 6) is -2.27. The van der Waals surface area contributed by atoms with Crippen LogP contribution in [0.3, 0.4) is 0 Å². The van der Waals surface area contributed by atoms with Crippen LogP contribution in [0.15, 0.2) is 17.3 Å². The molecule has 1 unspecified atom stereocenters. The van der Waals surface area contributed by atoms with Crippen LogP contribution >= 0.6 is 0 Å². The highest BCUT2D eigenvalue weighted by atomic mass is 16.5. The van der Waals surface area contributed by atoms with Crippen LogP contribution in [0.1, 0.15) is 42.5 Å². The van der Waals surface area contributed by atoms with E-state index in [1.807, 2.05) is 0 Å². The summed E-state index contributed by atoms with van der Waals surface area (Å²) in [6.45, 7) is 0. The molecule has 11 nitrogen and oxygen atoms in total. The lowest BCUT2D eigenvalue weighted by Crippen LogP contribution is -2.31. The standard InChI is InChI=1S/C23H30N2O9/c1-31-19(26)7-5-13-12-24-17(15(13)9-21(28)33-3)11-18-14(6-8-20(27)32-2)16(23(30)25-18)10-22(29)34-4/h12,18,24H,5-11H2,1-4H3,(H,25,30). The molecule has 11 heteroatoms. The first-order valence-electron chi connectivity index (χ1n) is 10.7. The van der Waals surface area contributed by atoms with Crippen LogP contribution in [0.4, 0.5) is 0 Å². The molecule has 0 aliphatic carbocycles. The molecule has 0 radical (unpaired) electrons. The van der Waals surface area contributed by atoms with E-state index in [-0.39, 0.29) is 50.1 Å². The van der Waals surface area contributed by atoms with Gasteiger partial charge in [0.15, 0.2) is 0 Å². The number of rotatable bonds is 12. The van der Waals surface area contributed by atoms with E-state index in [1.54, 1.807) is 6.20 Å². The van der Waals surface area contributed by atoms with Crippen LogP contribution < -0.4 is 5.32 Å². The summed E-state index contributed by atoms with van der Waals surface area (Å²) in [7, 11) is 5.09. The molecule has 0 aromatic carbocycles. The van der Waals surface area contributed by atoms with Gasteiger partial charge in [-0.3, -0.25) is 24.0 Å². The topological polar surface area (TPSA) is 150 Å². The number of aromatic nitrogens is 1. The predicted octanol–water partition coefficient (Wildman–Crippen LogP) is 0.690. The fraction of sp³-hybridized carbons (Fsp3) is 0.522. The van der Waals surface area contributed by atoms with Crippen molar-refractivity contribution in [1.29, 1.82) is 0 Å². The number of amides is 1. The first-order valence-corrected chi connectivity index (χ1v) is 10.7. The Labute approximate surface area is 197 Å². The van der Waals surface area contributed by atoms with Crippen LogP contribution in [0, 0.1) is 0 Å². The summed E-state index contributed by atoms with van der Waals surface area (Å²) in [5.41, 5.74) is 2.96. The molecule has 1 aromatic rings. The third kappa shape index (κ3) is 6.93. The average molecular weight is 478 g/mol. The van der Waals surface area contributed by atoms with Crippen molar-refractivity contribution in [3.05, 3.63) is 34.2 Å². The Morgan fingerprint density at radius 2 is 1.38 bits per heavy atom. The van der Waals surface area contributed by atoms with E-state index in [4.69, 9.17) is 18.9 Å². The molecule has 0 fully saturated rings. The van der Waals surface area contributed by atoms with Crippen molar-refractivity contribution in [1.82, 2.24) is 10.3 Å². The Morgan fingerprint density at radius 3 is 1.97 bits per heavy atom. The van der Waals surface area contributed by atoms with Crippen LogP contribution in [0.5, 0.6) is 0 Å². The van der Waals surface area contributed by atoms with Crippen LogP contribution in [0.2, 0.25) is 0 Å². The minimum Gasteiger partial charge on any atom is -0.469 e. The monoisotopic (exact) mass is 478 g/mol. The second-order valence-corrected chi connectivity index (χ2v) is 7.66. The Balaban J connectivity index is 2.35. The van der Waals surface area contributed by atoms with Crippen LogP contribution in [-0.4, -0.2) is 69.2 Å². The summed E-state index contributed by atoms with van der Waals surface area (Å²) < 4.78 is 18.9. The summed E-state index contributed by atoms with van der Waals surface area (Å²) in [5, 5.41) is 2.85. The first kappa shape index (κ1) is 26.6. The third-order valence-electron chi connectivity index (χ3n) is 5.72. The lowest BCUT2D eigenvalue weighted by Gasteiger charge is -2.16. The van der Waals surface area contributed by atoms with Gasteiger partial charge in [-0.25, -0.2) is 0 Å². The molecule has 2 heterocycles. The maximum Gasteiger partial charge on any atom is 0.310 e. The number of H-pyrrole nitrogens is 1. The number of aromatic amines is 1. The molecule has 2 N–H and O–H groups in total. The van der Waals surface area contributed by atoms with Crippen molar-refractivity contribution >= 4 is 29.8 Å². The van der Waals surface area contributed by atoms with Crippen LogP contribution in [0.25, 0.3) is 0 Å². The van der Waals surface area contributed by atoms with Gasteiger partial charge < -0.3 is 29.2 Å². The number of hydrogen-bond acceptors (Lipinski definition) is 9. The van der Waals surface area contributed by atoms with E-state index in [9.17, 15) is 24.0 Å². The molecule has 0 spiro atoms. The fourth-order valence-electron chi connectivity index (χ4n) is 3.86. The second kappa shape index (κ2) is 12.6. The molecule has 1 aliphatic heterocycles. The van der Waals surface area contributed by atoms with E-state index in [1.165, 1.54) is 28.4 Å². The van der Waals surface area contributed by atoms with E-state index >= 15 is 0 Å². The summed E-state index contributed by atoms with van der Waals surface area (Å²) >= 11 is 0. The van der Waals surface area contributed by atoms with Gasteiger partial charge in [0, 0.05) is 36.7 Å². The lowest BCUT2D eigenvalue weighted by molar-refractivity contribution is -0.141. The minimum atomic E-state index is -0.572. The van der Waals surface area contributed by atoms with Crippen molar-refractivity contribution in [2.45, 2.75) is 51.0 Å². The predicted molar refractivity (Wildman–Crippen MR) is 117 cm³/mol. The van der Waals surface area contributed by atoms with Crippen molar-refractivity contribution in [3.8, 4) is 0 Å². The molecular weight excluding hydrogens is 448 g/mol. The number of methoxy groups -OCH3 is 4. The van der Waals surface area contributed by atoms with Crippen molar-refractivity contribution in [2.24, 2.45) is 0 Å².